The molecule has 24 heavy (non-hydrogen) atoms. The number of rotatable bonds is 6. The maximum Gasteiger partial charge on any atom is 0.416 e. The van der Waals surface area contributed by atoms with Crippen LogP contribution in [0.1, 0.15) is 18.1 Å². The predicted octanol–water partition coefficient (Wildman–Crippen LogP) is 3.58. The molecule has 8 heteroatoms. The highest BCUT2D eigenvalue weighted by molar-refractivity contribution is 7.89. The first-order valence-electron chi connectivity index (χ1n) is 7.11. The number of ether oxygens (including phenoxy) is 1. The van der Waals surface area contributed by atoms with Gasteiger partial charge in [0.25, 0.3) is 0 Å². The van der Waals surface area contributed by atoms with Gasteiger partial charge in [-0.25, -0.2) is 13.1 Å². The van der Waals surface area contributed by atoms with Crippen LogP contribution in [-0.2, 0) is 22.7 Å². The lowest BCUT2D eigenvalue weighted by Gasteiger charge is -2.10. The number of nitrogens with one attached hydrogen (secondary N) is 1. The number of alkyl halides is 3. The number of sulfonamides is 1. The fourth-order valence-corrected chi connectivity index (χ4v) is 3.02. The summed E-state index contributed by atoms with van der Waals surface area (Å²) in [6.45, 7) is 2.03. The molecule has 0 aliphatic carbocycles. The minimum atomic E-state index is -4.47. The molecule has 0 spiro atoms. The Hall–Kier alpha value is -2.06. The van der Waals surface area contributed by atoms with E-state index in [9.17, 15) is 21.6 Å². The monoisotopic (exact) mass is 359 g/mol. The molecule has 130 valence electrons. The summed E-state index contributed by atoms with van der Waals surface area (Å²) in [4.78, 5) is 0.0120. The number of benzene rings is 2. The summed E-state index contributed by atoms with van der Waals surface area (Å²) in [6, 6.07) is 10.3. The van der Waals surface area contributed by atoms with E-state index in [1.165, 1.54) is 36.4 Å². The minimum Gasteiger partial charge on any atom is -0.494 e. The van der Waals surface area contributed by atoms with E-state index >= 15 is 0 Å². The van der Waals surface area contributed by atoms with Crippen LogP contribution in [0.3, 0.4) is 0 Å². The molecule has 0 aliphatic heterocycles. The third-order valence-corrected chi connectivity index (χ3v) is 4.58. The van der Waals surface area contributed by atoms with Crippen LogP contribution in [0.2, 0.25) is 0 Å². The van der Waals surface area contributed by atoms with Crippen molar-refractivity contribution in [1.82, 2.24) is 4.72 Å². The van der Waals surface area contributed by atoms with Crippen LogP contribution < -0.4 is 9.46 Å². The zero-order valence-corrected chi connectivity index (χ0v) is 13.6. The van der Waals surface area contributed by atoms with Gasteiger partial charge in [-0.05, 0) is 42.8 Å². The van der Waals surface area contributed by atoms with Gasteiger partial charge in [0.1, 0.15) is 5.75 Å². The first-order valence-corrected chi connectivity index (χ1v) is 8.59. The van der Waals surface area contributed by atoms with Gasteiger partial charge in [-0.15, -0.1) is 0 Å². The van der Waals surface area contributed by atoms with E-state index in [0.717, 1.165) is 12.1 Å². The second-order valence-electron chi connectivity index (χ2n) is 4.93. The van der Waals surface area contributed by atoms with E-state index in [0.29, 0.717) is 12.4 Å². The van der Waals surface area contributed by atoms with E-state index in [1.807, 2.05) is 0 Å². The largest absolute Gasteiger partial charge is 0.494 e. The third kappa shape index (κ3) is 4.72. The fourth-order valence-electron chi connectivity index (χ4n) is 2.00. The Morgan fingerprint density at radius 3 is 2.33 bits per heavy atom. The molecule has 0 aliphatic rings. The zero-order chi connectivity index (χ0) is 17.8. The van der Waals surface area contributed by atoms with Crippen molar-refractivity contribution in [1.29, 1.82) is 0 Å². The smallest absolute Gasteiger partial charge is 0.416 e. The Labute approximate surface area is 138 Å². The van der Waals surface area contributed by atoms with E-state index in [1.54, 1.807) is 6.92 Å². The molecule has 2 rings (SSSR count). The van der Waals surface area contributed by atoms with Crippen molar-refractivity contribution in [3.63, 3.8) is 0 Å². The third-order valence-electron chi connectivity index (χ3n) is 3.17. The van der Waals surface area contributed by atoms with Gasteiger partial charge in [-0.1, -0.05) is 18.2 Å². The quantitative estimate of drug-likeness (QED) is 0.858. The van der Waals surface area contributed by atoms with E-state index in [-0.39, 0.29) is 17.0 Å². The van der Waals surface area contributed by atoms with Gasteiger partial charge >= 0.3 is 6.18 Å². The highest BCUT2D eigenvalue weighted by Gasteiger charge is 2.30. The van der Waals surface area contributed by atoms with Crippen LogP contribution >= 0.6 is 0 Å². The molecule has 0 saturated carbocycles. The second kappa shape index (κ2) is 7.23. The SMILES string of the molecule is CCOc1ccc(S(=O)(=O)NCc2cccc(C(F)(F)F)c2)cc1. The Morgan fingerprint density at radius 2 is 1.75 bits per heavy atom. The first-order chi connectivity index (χ1) is 11.2. The molecular weight excluding hydrogens is 343 g/mol. The number of hydrogen-bond acceptors (Lipinski definition) is 3. The van der Waals surface area contributed by atoms with Gasteiger partial charge in [0.2, 0.25) is 10.0 Å². The van der Waals surface area contributed by atoms with Crippen molar-refractivity contribution < 1.29 is 26.3 Å². The topological polar surface area (TPSA) is 55.4 Å². The average molecular weight is 359 g/mol. The molecule has 0 unspecified atom stereocenters. The predicted molar refractivity (Wildman–Crippen MR) is 83.1 cm³/mol. The van der Waals surface area contributed by atoms with Crippen LogP contribution in [0, 0.1) is 0 Å². The second-order valence-corrected chi connectivity index (χ2v) is 6.69. The molecule has 4 nitrogen and oxygen atoms in total. The normalized spacial score (nSPS) is 12.2. The molecule has 2 aromatic rings. The average Bonchev–Trinajstić information content (AvgIpc) is 2.53. The summed E-state index contributed by atoms with van der Waals surface area (Å²) in [5.41, 5.74) is -0.598. The van der Waals surface area contributed by atoms with Gasteiger partial charge in [-0.3, -0.25) is 0 Å². The molecule has 0 aromatic heterocycles. The molecule has 0 bridgehead atoms. The van der Waals surface area contributed by atoms with Gasteiger partial charge in [0, 0.05) is 6.54 Å². The van der Waals surface area contributed by atoms with Gasteiger partial charge in [-0.2, -0.15) is 13.2 Å². The Bertz CT molecular complexity index is 787. The summed E-state index contributed by atoms with van der Waals surface area (Å²) in [5, 5.41) is 0. The highest BCUT2D eigenvalue weighted by Crippen LogP contribution is 2.29. The number of hydrogen-bond donors (Lipinski definition) is 1. The Balaban J connectivity index is 2.10. The van der Waals surface area contributed by atoms with Crippen molar-refractivity contribution in [2.45, 2.75) is 24.5 Å². The summed E-state index contributed by atoms with van der Waals surface area (Å²) in [7, 11) is -3.83. The minimum absolute atomic E-state index is 0.0120. The van der Waals surface area contributed by atoms with Crippen LogP contribution in [0.5, 0.6) is 5.75 Å². The summed E-state index contributed by atoms with van der Waals surface area (Å²) >= 11 is 0. The molecule has 2 aromatic carbocycles. The zero-order valence-electron chi connectivity index (χ0n) is 12.8. The van der Waals surface area contributed by atoms with Crippen LogP contribution in [-0.4, -0.2) is 15.0 Å². The van der Waals surface area contributed by atoms with Crippen LogP contribution in [0.4, 0.5) is 13.2 Å². The van der Waals surface area contributed by atoms with Crippen molar-refractivity contribution >= 4 is 10.0 Å². The van der Waals surface area contributed by atoms with E-state index in [2.05, 4.69) is 4.72 Å². The van der Waals surface area contributed by atoms with Gasteiger partial charge in [0.15, 0.2) is 0 Å². The molecule has 0 radical (unpaired) electrons. The maximum absolute atomic E-state index is 12.7. The molecule has 1 N–H and O–H groups in total. The van der Waals surface area contributed by atoms with E-state index < -0.39 is 21.8 Å². The summed E-state index contributed by atoms with van der Waals surface area (Å²) < 4.78 is 69.8. The molecule has 0 fully saturated rings. The molecule has 0 atom stereocenters. The standard InChI is InChI=1S/C16H16F3NO3S/c1-2-23-14-6-8-15(9-7-14)24(21,22)20-11-12-4-3-5-13(10-12)16(17,18)19/h3-10,20H,2,11H2,1H3. The number of halogens is 3. The molecular formula is C16H16F3NO3S. The van der Waals surface area contributed by atoms with E-state index in [4.69, 9.17) is 4.74 Å². The van der Waals surface area contributed by atoms with Crippen molar-refractivity contribution in [2.24, 2.45) is 0 Å². The molecule has 0 heterocycles. The molecule has 0 amide bonds. The summed E-state index contributed by atoms with van der Waals surface area (Å²) in [5.74, 6) is 0.536. The lowest BCUT2D eigenvalue weighted by atomic mass is 10.1. The van der Waals surface area contributed by atoms with Gasteiger partial charge in [0.05, 0.1) is 17.1 Å². The first kappa shape index (κ1) is 18.3. The van der Waals surface area contributed by atoms with Gasteiger partial charge < -0.3 is 4.74 Å². The molecule has 0 saturated heterocycles. The van der Waals surface area contributed by atoms with Crippen LogP contribution in [0.15, 0.2) is 53.4 Å². The Morgan fingerprint density at radius 1 is 1.08 bits per heavy atom. The maximum atomic E-state index is 12.7. The van der Waals surface area contributed by atoms with Crippen LogP contribution in [0.25, 0.3) is 0 Å². The van der Waals surface area contributed by atoms with Crippen molar-refractivity contribution in [3.8, 4) is 5.75 Å². The van der Waals surface area contributed by atoms with Crippen molar-refractivity contribution in [3.05, 3.63) is 59.7 Å². The lowest BCUT2D eigenvalue weighted by Crippen LogP contribution is -2.23. The Kier molecular flexibility index (Phi) is 5.51. The highest BCUT2D eigenvalue weighted by atomic mass is 32.2. The fraction of sp³-hybridized carbons (Fsp3) is 0.250. The summed E-state index contributed by atoms with van der Waals surface area (Å²) in [6.07, 6.45) is -4.47. The lowest BCUT2D eigenvalue weighted by molar-refractivity contribution is -0.137. The van der Waals surface area contributed by atoms with Crippen molar-refractivity contribution in [2.75, 3.05) is 6.61 Å².